The van der Waals surface area contributed by atoms with Gasteiger partial charge in [0.2, 0.25) is 0 Å². The molecule has 0 atom stereocenters. The van der Waals surface area contributed by atoms with Gasteiger partial charge in [0.25, 0.3) is 0 Å². The van der Waals surface area contributed by atoms with E-state index >= 15 is 0 Å². The van der Waals surface area contributed by atoms with Gasteiger partial charge in [-0.25, -0.2) is 0 Å². The summed E-state index contributed by atoms with van der Waals surface area (Å²) in [7, 11) is 1.71. The van der Waals surface area contributed by atoms with Crippen LogP contribution in [0.4, 0.5) is 0 Å². The summed E-state index contributed by atoms with van der Waals surface area (Å²) in [5, 5.41) is 9.79. The molecule has 5 heteroatoms. The standard InChI is InChI=1S/C13H19N3OS/c1-17-7-5-14-9-12-10-15-16(11-12)6-4-13-3-2-8-18-13/h2-3,8,10-11,14H,4-7,9H2,1H3. The number of aryl methyl sites for hydroxylation is 2. The van der Waals surface area contributed by atoms with Gasteiger partial charge in [0.05, 0.1) is 12.8 Å². The molecule has 0 aliphatic rings. The van der Waals surface area contributed by atoms with Gasteiger partial charge in [-0.15, -0.1) is 11.3 Å². The largest absolute Gasteiger partial charge is 0.383 e. The van der Waals surface area contributed by atoms with Crippen molar-refractivity contribution in [2.24, 2.45) is 0 Å². The number of nitrogens with zero attached hydrogens (tertiary/aromatic N) is 2. The van der Waals surface area contributed by atoms with Crippen LogP contribution >= 0.6 is 11.3 Å². The second-order valence-electron chi connectivity index (χ2n) is 4.11. The highest BCUT2D eigenvalue weighted by Crippen LogP contribution is 2.10. The Balaban J connectivity index is 1.72. The van der Waals surface area contributed by atoms with Gasteiger partial charge in [-0.05, 0) is 11.4 Å². The van der Waals surface area contributed by atoms with Crippen LogP contribution in [0.1, 0.15) is 10.4 Å². The molecule has 2 aromatic rings. The summed E-state index contributed by atoms with van der Waals surface area (Å²) in [6.07, 6.45) is 5.08. The first-order chi connectivity index (χ1) is 8.88. The maximum atomic E-state index is 4.98. The maximum Gasteiger partial charge on any atom is 0.0587 e. The zero-order valence-electron chi connectivity index (χ0n) is 10.6. The van der Waals surface area contributed by atoms with E-state index in [2.05, 4.69) is 34.1 Å². The summed E-state index contributed by atoms with van der Waals surface area (Å²) in [4.78, 5) is 1.41. The van der Waals surface area contributed by atoms with Gasteiger partial charge in [-0.1, -0.05) is 6.07 Å². The van der Waals surface area contributed by atoms with E-state index in [0.29, 0.717) is 0 Å². The van der Waals surface area contributed by atoms with Crippen molar-refractivity contribution in [1.29, 1.82) is 0 Å². The van der Waals surface area contributed by atoms with Crippen molar-refractivity contribution in [2.75, 3.05) is 20.3 Å². The van der Waals surface area contributed by atoms with Crippen LogP contribution in [-0.2, 0) is 24.2 Å². The van der Waals surface area contributed by atoms with Crippen LogP contribution in [0.15, 0.2) is 29.9 Å². The molecule has 2 rings (SSSR count). The minimum Gasteiger partial charge on any atom is -0.383 e. The SMILES string of the molecule is COCCNCc1cnn(CCc2cccs2)c1. The van der Waals surface area contributed by atoms with Crippen molar-refractivity contribution < 1.29 is 4.74 Å². The van der Waals surface area contributed by atoms with Crippen LogP contribution < -0.4 is 5.32 Å². The van der Waals surface area contributed by atoms with E-state index < -0.39 is 0 Å². The number of aromatic nitrogens is 2. The van der Waals surface area contributed by atoms with Crippen LogP contribution in [-0.4, -0.2) is 30.0 Å². The quantitative estimate of drug-likeness (QED) is 0.741. The fourth-order valence-corrected chi connectivity index (χ4v) is 2.40. The number of rotatable bonds is 8. The molecule has 0 saturated heterocycles. The Bertz CT molecular complexity index is 439. The van der Waals surface area contributed by atoms with Crippen molar-refractivity contribution in [3.63, 3.8) is 0 Å². The fraction of sp³-hybridized carbons (Fsp3) is 0.462. The van der Waals surface area contributed by atoms with Gasteiger partial charge >= 0.3 is 0 Å². The number of thiophene rings is 1. The van der Waals surface area contributed by atoms with Gasteiger partial charge in [0.1, 0.15) is 0 Å². The summed E-state index contributed by atoms with van der Waals surface area (Å²) in [6, 6.07) is 4.26. The third-order valence-corrected chi connectivity index (χ3v) is 3.60. The van der Waals surface area contributed by atoms with E-state index in [-0.39, 0.29) is 0 Å². The molecule has 0 amide bonds. The Kier molecular flexibility index (Phi) is 5.38. The molecule has 0 radical (unpaired) electrons. The first-order valence-corrected chi connectivity index (χ1v) is 7.00. The number of hydrogen-bond donors (Lipinski definition) is 1. The minimum absolute atomic E-state index is 0.743. The lowest BCUT2D eigenvalue weighted by atomic mass is 10.3. The Labute approximate surface area is 112 Å². The van der Waals surface area contributed by atoms with Crippen molar-refractivity contribution in [3.05, 3.63) is 40.3 Å². The summed E-state index contributed by atoms with van der Waals surface area (Å²) in [6.45, 7) is 3.41. The lowest BCUT2D eigenvalue weighted by Crippen LogP contribution is -2.18. The first kappa shape index (κ1) is 13.3. The molecule has 0 aromatic carbocycles. The molecular formula is C13H19N3OS. The fourth-order valence-electron chi connectivity index (χ4n) is 1.71. The lowest BCUT2D eigenvalue weighted by molar-refractivity contribution is 0.199. The highest BCUT2D eigenvalue weighted by Gasteiger charge is 1.99. The van der Waals surface area contributed by atoms with E-state index in [1.807, 2.05) is 10.9 Å². The van der Waals surface area contributed by atoms with Crippen molar-refractivity contribution in [3.8, 4) is 0 Å². The Morgan fingerprint density at radius 3 is 3.22 bits per heavy atom. The second-order valence-corrected chi connectivity index (χ2v) is 5.14. The van der Waals surface area contributed by atoms with E-state index in [0.717, 1.165) is 32.7 Å². The minimum atomic E-state index is 0.743. The average molecular weight is 265 g/mol. The summed E-state index contributed by atoms with van der Waals surface area (Å²) in [5.74, 6) is 0. The van der Waals surface area contributed by atoms with Crippen LogP contribution in [0.5, 0.6) is 0 Å². The molecule has 0 fully saturated rings. The number of hydrogen-bond acceptors (Lipinski definition) is 4. The average Bonchev–Trinajstić information content (AvgIpc) is 3.03. The second kappa shape index (κ2) is 7.31. The zero-order chi connectivity index (χ0) is 12.6. The molecule has 0 aliphatic heterocycles. The summed E-state index contributed by atoms with van der Waals surface area (Å²) in [5.41, 5.74) is 1.22. The zero-order valence-corrected chi connectivity index (χ0v) is 11.4. The Morgan fingerprint density at radius 1 is 1.50 bits per heavy atom. The highest BCUT2D eigenvalue weighted by atomic mass is 32.1. The molecule has 0 spiro atoms. The first-order valence-electron chi connectivity index (χ1n) is 6.12. The molecule has 0 aliphatic carbocycles. The molecule has 18 heavy (non-hydrogen) atoms. The van der Waals surface area contributed by atoms with E-state index in [9.17, 15) is 0 Å². The summed E-state index contributed by atoms with van der Waals surface area (Å²) < 4.78 is 6.99. The number of methoxy groups -OCH3 is 1. The topological polar surface area (TPSA) is 39.1 Å². The number of ether oxygens (including phenoxy) is 1. The smallest absolute Gasteiger partial charge is 0.0587 e. The Hall–Kier alpha value is -1.17. The molecular weight excluding hydrogens is 246 g/mol. The highest BCUT2D eigenvalue weighted by molar-refractivity contribution is 7.09. The molecule has 2 aromatic heterocycles. The van der Waals surface area contributed by atoms with Gasteiger partial charge < -0.3 is 10.1 Å². The normalized spacial score (nSPS) is 10.9. The molecule has 0 bridgehead atoms. The van der Waals surface area contributed by atoms with Crippen LogP contribution in [0.2, 0.25) is 0 Å². The van der Waals surface area contributed by atoms with E-state index in [1.54, 1.807) is 18.4 Å². The van der Waals surface area contributed by atoms with Crippen LogP contribution in [0.25, 0.3) is 0 Å². The number of nitrogens with one attached hydrogen (secondary N) is 1. The predicted molar refractivity (Wildman–Crippen MR) is 73.8 cm³/mol. The third-order valence-electron chi connectivity index (χ3n) is 2.67. The molecule has 0 saturated carbocycles. The summed E-state index contributed by atoms with van der Waals surface area (Å²) >= 11 is 1.80. The van der Waals surface area contributed by atoms with Crippen LogP contribution in [0.3, 0.4) is 0 Å². The van der Waals surface area contributed by atoms with Gasteiger partial charge in [0.15, 0.2) is 0 Å². The molecule has 0 unspecified atom stereocenters. The van der Waals surface area contributed by atoms with Gasteiger partial charge in [0, 0.05) is 49.8 Å². The maximum absolute atomic E-state index is 4.98. The van der Waals surface area contributed by atoms with Crippen LogP contribution in [0, 0.1) is 0 Å². The monoisotopic (exact) mass is 265 g/mol. The predicted octanol–water partition coefficient (Wildman–Crippen LogP) is 1.92. The van der Waals surface area contributed by atoms with Crippen molar-refractivity contribution in [1.82, 2.24) is 15.1 Å². The Morgan fingerprint density at radius 2 is 2.44 bits per heavy atom. The third kappa shape index (κ3) is 4.25. The van der Waals surface area contributed by atoms with E-state index in [4.69, 9.17) is 4.74 Å². The lowest BCUT2D eigenvalue weighted by Gasteiger charge is -2.01. The van der Waals surface area contributed by atoms with Gasteiger partial charge in [-0.3, -0.25) is 4.68 Å². The van der Waals surface area contributed by atoms with Gasteiger partial charge in [-0.2, -0.15) is 5.10 Å². The van der Waals surface area contributed by atoms with Crippen molar-refractivity contribution >= 4 is 11.3 Å². The molecule has 2 heterocycles. The van der Waals surface area contributed by atoms with E-state index in [1.165, 1.54) is 10.4 Å². The molecule has 98 valence electrons. The molecule has 1 N–H and O–H groups in total. The van der Waals surface area contributed by atoms with Crippen molar-refractivity contribution in [2.45, 2.75) is 19.5 Å². The molecule has 4 nitrogen and oxygen atoms in total.